The van der Waals surface area contributed by atoms with Gasteiger partial charge in [0.05, 0.1) is 6.20 Å². The number of aliphatic imine (C=N–C) groups is 1. The van der Waals surface area contributed by atoms with E-state index in [-0.39, 0.29) is 0 Å². The van der Waals surface area contributed by atoms with Crippen molar-refractivity contribution in [3.63, 3.8) is 0 Å². The van der Waals surface area contributed by atoms with Gasteiger partial charge in [-0.2, -0.15) is 16.9 Å². The van der Waals surface area contributed by atoms with Crippen molar-refractivity contribution in [1.29, 1.82) is 0 Å². The number of nitrogens with zero attached hydrogens (tertiary/aromatic N) is 3. The summed E-state index contributed by atoms with van der Waals surface area (Å²) in [7, 11) is 0. The molecule has 6 heteroatoms. The molecule has 0 bridgehead atoms. The second-order valence-corrected chi connectivity index (χ2v) is 5.69. The Balaban J connectivity index is 1.72. The minimum atomic E-state index is 0.708. The van der Waals surface area contributed by atoms with Crippen LogP contribution in [-0.2, 0) is 6.42 Å². The smallest absolute Gasteiger partial charge is 0.191 e. The summed E-state index contributed by atoms with van der Waals surface area (Å²) in [5.74, 6) is 3.02. The molecule has 1 saturated heterocycles. The zero-order valence-electron chi connectivity index (χ0n) is 10.9. The average molecular weight is 267 g/mol. The number of hydrogen-bond donors (Lipinski definition) is 2. The van der Waals surface area contributed by atoms with Crippen molar-refractivity contribution in [2.24, 2.45) is 10.7 Å². The molecule has 0 aliphatic carbocycles. The van der Waals surface area contributed by atoms with Gasteiger partial charge in [-0.1, -0.05) is 0 Å². The Hall–Kier alpha value is -1.17. The van der Waals surface area contributed by atoms with E-state index in [1.54, 1.807) is 0 Å². The maximum atomic E-state index is 5.99. The molecule has 1 aromatic rings. The normalized spacial score (nSPS) is 17.2. The maximum Gasteiger partial charge on any atom is 0.191 e. The molecule has 0 atom stereocenters. The van der Waals surface area contributed by atoms with Gasteiger partial charge >= 0.3 is 0 Å². The number of guanidine groups is 1. The molecule has 3 N–H and O–H groups in total. The van der Waals surface area contributed by atoms with Crippen molar-refractivity contribution in [1.82, 2.24) is 15.1 Å². The van der Waals surface area contributed by atoms with E-state index in [1.807, 2.05) is 24.9 Å². The molecular weight excluding hydrogens is 246 g/mol. The van der Waals surface area contributed by atoms with Crippen LogP contribution in [0.3, 0.4) is 0 Å². The lowest BCUT2D eigenvalue weighted by Gasteiger charge is -2.27. The van der Waals surface area contributed by atoms with Crippen LogP contribution < -0.4 is 5.73 Å². The van der Waals surface area contributed by atoms with Crippen LogP contribution in [0.5, 0.6) is 0 Å². The molecule has 0 saturated carbocycles. The largest absolute Gasteiger partial charge is 0.370 e. The molecule has 2 heterocycles. The van der Waals surface area contributed by atoms with Crippen molar-refractivity contribution in [2.75, 3.05) is 31.1 Å². The van der Waals surface area contributed by atoms with Gasteiger partial charge in [0.25, 0.3) is 0 Å². The number of hydrogen-bond acceptors (Lipinski definition) is 3. The highest BCUT2D eigenvalue weighted by Gasteiger charge is 2.11. The Morgan fingerprint density at radius 3 is 3.00 bits per heavy atom. The third-order valence-corrected chi connectivity index (χ3v) is 4.09. The third-order valence-electron chi connectivity index (χ3n) is 3.15. The number of rotatable bonds is 4. The van der Waals surface area contributed by atoms with Gasteiger partial charge in [0.2, 0.25) is 0 Å². The van der Waals surface area contributed by atoms with Crippen LogP contribution in [-0.4, -0.2) is 52.2 Å². The third kappa shape index (κ3) is 3.66. The first-order valence-electron chi connectivity index (χ1n) is 6.39. The fraction of sp³-hybridized carbons (Fsp3) is 0.667. The maximum absolute atomic E-state index is 5.99. The number of thioether (sulfide) groups is 1. The van der Waals surface area contributed by atoms with Gasteiger partial charge in [-0.05, 0) is 25.3 Å². The minimum Gasteiger partial charge on any atom is -0.370 e. The fourth-order valence-electron chi connectivity index (χ4n) is 1.98. The van der Waals surface area contributed by atoms with E-state index in [4.69, 9.17) is 5.73 Å². The molecular formula is C12H21N5S. The lowest BCUT2D eigenvalue weighted by Crippen LogP contribution is -2.42. The van der Waals surface area contributed by atoms with Crippen LogP contribution in [0.4, 0.5) is 0 Å². The standard InChI is InChI=1S/C12H21N5S/c1-10-11(9-15-16-10)3-2-4-14-12(13)17-5-7-18-8-6-17/h9H,2-8H2,1H3,(H2,13,14)(H,15,16). The van der Waals surface area contributed by atoms with Crippen LogP contribution in [0.25, 0.3) is 0 Å². The van der Waals surface area contributed by atoms with E-state index in [0.717, 1.165) is 49.7 Å². The molecule has 0 radical (unpaired) electrons. The van der Waals surface area contributed by atoms with Gasteiger partial charge in [0, 0.05) is 36.8 Å². The SMILES string of the molecule is Cc1[nH]ncc1CCCN=C(N)N1CCSCC1. The minimum absolute atomic E-state index is 0.708. The van der Waals surface area contributed by atoms with Gasteiger partial charge in [0.1, 0.15) is 0 Å². The Labute approximate surface area is 112 Å². The Kier molecular flexibility index (Phi) is 4.92. The van der Waals surface area contributed by atoms with E-state index >= 15 is 0 Å². The van der Waals surface area contributed by atoms with E-state index in [2.05, 4.69) is 20.1 Å². The van der Waals surface area contributed by atoms with Crippen LogP contribution >= 0.6 is 11.8 Å². The second kappa shape index (κ2) is 6.68. The summed E-state index contributed by atoms with van der Waals surface area (Å²) < 4.78 is 0. The topological polar surface area (TPSA) is 70.3 Å². The van der Waals surface area contributed by atoms with E-state index in [9.17, 15) is 0 Å². The quantitative estimate of drug-likeness (QED) is 0.485. The van der Waals surface area contributed by atoms with Gasteiger partial charge < -0.3 is 10.6 Å². The fourth-order valence-corrected chi connectivity index (χ4v) is 2.89. The highest BCUT2D eigenvalue weighted by molar-refractivity contribution is 7.99. The number of aryl methyl sites for hydroxylation is 2. The molecule has 0 spiro atoms. The lowest BCUT2D eigenvalue weighted by atomic mass is 10.1. The first-order chi connectivity index (χ1) is 8.77. The Bertz CT molecular complexity index is 395. The van der Waals surface area contributed by atoms with Gasteiger partial charge in [-0.3, -0.25) is 10.1 Å². The summed E-state index contributed by atoms with van der Waals surface area (Å²) in [5, 5.41) is 6.96. The highest BCUT2D eigenvalue weighted by atomic mass is 32.2. The van der Waals surface area contributed by atoms with Crippen molar-refractivity contribution in [3.8, 4) is 0 Å². The average Bonchev–Trinajstić information content (AvgIpc) is 2.81. The van der Waals surface area contributed by atoms with Crippen LogP contribution in [0, 0.1) is 6.92 Å². The van der Waals surface area contributed by atoms with Gasteiger partial charge in [0.15, 0.2) is 5.96 Å². The van der Waals surface area contributed by atoms with Crippen LogP contribution in [0.1, 0.15) is 17.7 Å². The van der Waals surface area contributed by atoms with Crippen molar-refractivity contribution < 1.29 is 0 Å². The van der Waals surface area contributed by atoms with E-state index in [0.29, 0.717) is 5.96 Å². The van der Waals surface area contributed by atoms with Crippen LogP contribution in [0.2, 0.25) is 0 Å². The number of nitrogens with one attached hydrogen (secondary N) is 1. The molecule has 1 aromatic heterocycles. The molecule has 0 amide bonds. The first kappa shape index (κ1) is 13.3. The molecule has 1 aliphatic heterocycles. The van der Waals surface area contributed by atoms with Gasteiger partial charge in [-0.25, -0.2) is 0 Å². The molecule has 1 aliphatic rings. The van der Waals surface area contributed by atoms with E-state index < -0.39 is 0 Å². The zero-order chi connectivity index (χ0) is 12.8. The highest BCUT2D eigenvalue weighted by Crippen LogP contribution is 2.09. The molecule has 0 aromatic carbocycles. The summed E-state index contributed by atoms with van der Waals surface area (Å²) in [6.45, 7) is 4.90. The predicted molar refractivity (Wildman–Crippen MR) is 77.0 cm³/mol. The molecule has 2 rings (SSSR count). The molecule has 100 valence electrons. The zero-order valence-corrected chi connectivity index (χ0v) is 11.7. The number of aromatic amines is 1. The summed E-state index contributed by atoms with van der Waals surface area (Å²) in [6, 6.07) is 0. The van der Waals surface area contributed by atoms with Crippen molar-refractivity contribution in [2.45, 2.75) is 19.8 Å². The second-order valence-electron chi connectivity index (χ2n) is 4.46. The summed E-state index contributed by atoms with van der Waals surface area (Å²) in [5.41, 5.74) is 8.41. The molecule has 18 heavy (non-hydrogen) atoms. The number of H-pyrrole nitrogens is 1. The van der Waals surface area contributed by atoms with Crippen molar-refractivity contribution in [3.05, 3.63) is 17.5 Å². The van der Waals surface area contributed by atoms with Crippen molar-refractivity contribution >= 4 is 17.7 Å². The summed E-state index contributed by atoms with van der Waals surface area (Å²) in [6.07, 6.45) is 3.92. The van der Waals surface area contributed by atoms with Gasteiger partial charge in [-0.15, -0.1) is 0 Å². The number of nitrogens with two attached hydrogens (primary N) is 1. The van der Waals surface area contributed by atoms with Crippen LogP contribution in [0.15, 0.2) is 11.2 Å². The predicted octanol–water partition coefficient (Wildman–Crippen LogP) is 1.01. The summed E-state index contributed by atoms with van der Waals surface area (Å²) >= 11 is 1.98. The Morgan fingerprint density at radius 1 is 1.56 bits per heavy atom. The number of aromatic nitrogens is 2. The first-order valence-corrected chi connectivity index (χ1v) is 7.54. The Morgan fingerprint density at radius 2 is 2.33 bits per heavy atom. The molecule has 0 unspecified atom stereocenters. The molecule has 5 nitrogen and oxygen atoms in total. The summed E-state index contributed by atoms with van der Waals surface area (Å²) in [4.78, 5) is 6.64. The lowest BCUT2D eigenvalue weighted by molar-refractivity contribution is 0.455. The molecule has 1 fully saturated rings. The monoisotopic (exact) mass is 267 g/mol. The van der Waals surface area contributed by atoms with E-state index in [1.165, 1.54) is 5.56 Å².